The van der Waals surface area contributed by atoms with Crippen molar-refractivity contribution in [2.24, 2.45) is 0 Å². The van der Waals surface area contributed by atoms with E-state index in [0.29, 0.717) is 6.04 Å². The first kappa shape index (κ1) is 11.6. The van der Waals surface area contributed by atoms with Gasteiger partial charge in [0.05, 0.1) is 12.2 Å². The van der Waals surface area contributed by atoms with Gasteiger partial charge in [-0.05, 0) is 25.0 Å². The largest absolute Gasteiger partial charge is 0.335 e. The van der Waals surface area contributed by atoms with Crippen LogP contribution in [0.1, 0.15) is 38.1 Å². The zero-order valence-corrected chi connectivity index (χ0v) is 11.3. The molecule has 3 heterocycles. The Morgan fingerprint density at radius 2 is 2.05 bits per heavy atom. The van der Waals surface area contributed by atoms with E-state index < -0.39 is 0 Å². The van der Waals surface area contributed by atoms with Gasteiger partial charge in [0.1, 0.15) is 11.3 Å². The molecule has 5 heteroatoms. The first-order valence-corrected chi connectivity index (χ1v) is 7.25. The maximum absolute atomic E-state index is 4.72. The minimum absolute atomic E-state index is 0.506. The van der Waals surface area contributed by atoms with E-state index in [1.54, 1.807) is 6.20 Å². The van der Waals surface area contributed by atoms with Crippen molar-refractivity contribution in [2.75, 3.05) is 0 Å². The third-order valence-electron chi connectivity index (χ3n) is 4.10. The predicted octanol–water partition coefficient (Wildman–Crippen LogP) is 3.33. The molecular formula is C15H17N5. The third-order valence-corrected chi connectivity index (χ3v) is 4.10. The normalized spacial score (nSPS) is 16.8. The predicted molar refractivity (Wildman–Crippen MR) is 77.2 cm³/mol. The number of hydrogen-bond acceptors (Lipinski definition) is 3. The van der Waals surface area contributed by atoms with Gasteiger partial charge in [-0.15, -0.1) is 0 Å². The van der Waals surface area contributed by atoms with Gasteiger partial charge < -0.3 is 4.98 Å². The van der Waals surface area contributed by atoms with E-state index in [1.165, 1.54) is 32.1 Å². The molecule has 0 saturated heterocycles. The number of pyridine rings is 1. The van der Waals surface area contributed by atoms with E-state index in [2.05, 4.69) is 19.7 Å². The molecular weight excluding hydrogens is 250 g/mol. The number of rotatable bonds is 2. The van der Waals surface area contributed by atoms with Crippen LogP contribution in [0.4, 0.5) is 0 Å². The number of fused-ring (bicyclic) bond motifs is 1. The fourth-order valence-corrected chi connectivity index (χ4v) is 3.05. The molecule has 0 atom stereocenters. The number of hydrogen-bond donors (Lipinski definition) is 1. The van der Waals surface area contributed by atoms with Crippen molar-refractivity contribution in [3.05, 3.63) is 30.7 Å². The summed E-state index contributed by atoms with van der Waals surface area (Å²) in [4.78, 5) is 12.2. The molecule has 0 unspecified atom stereocenters. The SMILES string of the molecule is c1cncc(-c2nc3c(cnn3C3CCCCC3)[nH]2)c1. The second kappa shape index (κ2) is 4.74. The van der Waals surface area contributed by atoms with Gasteiger partial charge in [-0.1, -0.05) is 19.3 Å². The summed E-state index contributed by atoms with van der Waals surface area (Å²) in [7, 11) is 0. The molecule has 4 rings (SSSR count). The lowest BCUT2D eigenvalue weighted by Gasteiger charge is -2.21. The number of imidazole rings is 1. The van der Waals surface area contributed by atoms with Crippen LogP contribution in [0.5, 0.6) is 0 Å². The van der Waals surface area contributed by atoms with Gasteiger partial charge in [-0.2, -0.15) is 5.10 Å². The molecule has 20 heavy (non-hydrogen) atoms. The molecule has 0 bridgehead atoms. The zero-order valence-electron chi connectivity index (χ0n) is 11.3. The Bertz CT molecular complexity index is 706. The van der Waals surface area contributed by atoms with E-state index in [-0.39, 0.29) is 0 Å². The van der Waals surface area contributed by atoms with Crippen molar-refractivity contribution in [1.29, 1.82) is 0 Å². The van der Waals surface area contributed by atoms with Crippen molar-refractivity contribution in [2.45, 2.75) is 38.1 Å². The number of aromatic nitrogens is 5. The quantitative estimate of drug-likeness (QED) is 0.774. The van der Waals surface area contributed by atoms with Crippen molar-refractivity contribution in [3.8, 4) is 11.4 Å². The van der Waals surface area contributed by atoms with E-state index in [1.807, 2.05) is 24.5 Å². The van der Waals surface area contributed by atoms with Crippen LogP contribution in [-0.4, -0.2) is 24.7 Å². The van der Waals surface area contributed by atoms with E-state index >= 15 is 0 Å². The highest BCUT2D eigenvalue weighted by Gasteiger charge is 2.20. The van der Waals surface area contributed by atoms with Gasteiger partial charge >= 0.3 is 0 Å². The lowest BCUT2D eigenvalue weighted by Crippen LogP contribution is -2.14. The Kier molecular flexibility index (Phi) is 2.76. The molecule has 1 N–H and O–H groups in total. The summed E-state index contributed by atoms with van der Waals surface area (Å²) >= 11 is 0. The van der Waals surface area contributed by atoms with Crippen LogP contribution in [0, 0.1) is 0 Å². The molecule has 0 aromatic carbocycles. The minimum atomic E-state index is 0.506. The summed E-state index contributed by atoms with van der Waals surface area (Å²) in [6.07, 6.45) is 11.9. The second-order valence-electron chi connectivity index (χ2n) is 5.45. The molecule has 1 saturated carbocycles. The summed E-state index contributed by atoms with van der Waals surface area (Å²) in [6.45, 7) is 0. The highest BCUT2D eigenvalue weighted by Crippen LogP contribution is 2.30. The number of nitrogens with zero attached hydrogens (tertiary/aromatic N) is 4. The summed E-state index contributed by atoms with van der Waals surface area (Å²) in [5, 5.41) is 4.52. The van der Waals surface area contributed by atoms with E-state index in [4.69, 9.17) is 4.98 Å². The molecule has 1 aliphatic carbocycles. The number of H-pyrrole nitrogens is 1. The lowest BCUT2D eigenvalue weighted by atomic mass is 9.96. The first-order valence-electron chi connectivity index (χ1n) is 7.25. The second-order valence-corrected chi connectivity index (χ2v) is 5.45. The molecule has 3 aromatic heterocycles. The zero-order chi connectivity index (χ0) is 13.4. The third kappa shape index (κ3) is 1.90. The average Bonchev–Trinajstić information content (AvgIpc) is 3.09. The minimum Gasteiger partial charge on any atom is -0.335 e. The fraction of sp³-hybridized carbons (Fsp3) is 0.400. The summed E-state index contributed by atoms with van der Waals surface area (Å²) in [5.74, 6) is 0.870. The van der Waals surface area contributed by atoms with Gasteiger partial charge in [0.15, 0.2) is 5.65 Å². The Morgan fingerprint density at radius 1 is 1.15 bits per heavy atom. The molecule has 102 valence electrons. The van der Waals surface area contributed by atoms with Gasteiger partial charge in [0, 0.05) is 18.0 Å². The Hall–Kier alpha value is -2.17. The highest BCUT2D eigenvalue weighted by atomic mass is 15.3. The van der Waals surface area contributed by atoms with Gasteiger partial charge in [0.2, 0.25) is 0 Å². The van der Waals surface area contributed by atoms with Crippen LogP contribution >= 0.6 is 0 Å². The van der Waals surface area contributed by atoms with Gasteiger partial charge in [0.25, 0.3) is 0 Å². The molecule has 3 aromatic rings. The summed E-state index contributed by atoms with van der Waals surface area (Å²) in [5.41, 5.74) is 2.99. The van der Waals surface area contributed by atoms with Gasteiger partial charge in [-0.3, -0.25) is 4.98 Å². The van der Waals surface area contributed by atoms with Gasteiger partial charge in [-0.25, -0.2) is 9.67 Å². The molecule has 0 aliphatic heterocycles. The van der Waals surface area contributed by atoms with E-state index in [0.717, 1.165) is 22.6 Å². The topological polar surface area (TPSA) is 59.4 Å². The van der Waals surface area contributed by atoms with Crippen molar-refractivity contribution in [1.82, 2.24) is 24.7 Å². The van der Waals surface area contributed by atoms with Crippen LogP contribution < -0.4 is 0 Å². The highest BCUT2D eigenvalue weighted by molar-refractivity contribution is 5.75. The summed E-state index contributed by atoms with van der Waals surface area (Å²) in [6, 6.07) is 4.45. The van der Waals surface area contributed by atoms with Crippen molar-refractivity contribution in [3.63, 3.8) is 0 Å². The maximum atomic E-state index is 4.72. The summed E-state index contributed by atoms with van der Waals surface area (Å²) < 4.78 is 2.10. The fourth-order valence-electron chi connectivity index (χ4n) is 3.05. The van der Waals surface area contributed by atoms with Crippen LogP contribution in [0.2, 0.25) is 0 Å². The molecule has 5 nitrogen and oxygen atoms in total. The number of aromatic amines is 1. The van der Waals surface area contributed by atoms with Crippen LogP contribution in [-0.2, 0) is 0 Å². The smallest absolute Gasteiger partial charge is 0.177 e. The van der Waals surface area contributed by atoms with Crippen molar-refractivity contribution < 1.29 is 0 Å². The van der Waals surface area contributed by atoms with Crippen LogP contribution in [0.25, 0.3) is 22.6 Å². The molecule has 0 spiro atoms. The molecule has 0 radical (unpaired) electrons. The van der Waals surface area contributed by atoms with Crippen LogP contribution in [0.3, 0.4) is 0 Å². The first-order chi connectivity index (χ1) is 9.92. The van der Waals surface area contributed by atoms with E-state index in [9.17, 15) is 0 Å². The lowest BCUT2D eigenvalue weighted by molar-refractivity contribution is 0.336. The Morgan fingerprint density at radius 3 is 2.85 bits per heavy atom. The average molecular weight is 267 g/mol. The standard InChI is InChI=1S/C15H17N5/c1-2-6-12(7-3-1)20-15-13(10-17-20)18-14(19-15)11-5-4-8-16-9-11/h4-5,8-10,12H,1-3,6-7H2,(H,18,19). The molecule has 1 aliphatic rings. The Labute approximate surface area is 117 Å². The molecule has 1 fully saturated rings. The maximum Gasteiger partial charge on any atom is 0.177 e. The van der Waals surface area contributed by atoms with Crippen LogP contribution in [0.15, 0.2) is 30.7 Å². The number of nitrogens with one attached hydrogen (secondary N) is 1. The Balaban J connectivity index is 1.75. The van der Waals surface area contributed by atoms with Crippen molar-refractivity contribution >= 4 is 11.2 Å². The molecule has 0 amide bonds. The monoisotopic (exact) mass is 267 g/mol.